The fourth-order valence-electron chi connectivity index (χ4n) is 2.07. The summed E-state index contributed by atoms with van der Waals surface area (Å²) in [5.41, 5.74) is 5.17. The molecule has 0 spiro atoms. The van der Waals surface area contributed by atoms with Gasteiger partial charge in [-0.3, -0.25) is 14.9 Å². The van der Waals surface area contributed by atoms with Crippen molar-refractivity contribution >= 4 is 33.2 Å². The van der Waals surface area contributed by atoms with Gasteiger partial charge in [0.1, 0.15) is 0 Å². The summed E-state index contributed by atoms with van der Waals surface area (Å²) in [4.78, 5) is 23.0. The molecule has 19 heavy (non-hydrogen) atoms. The zero-order valence-electron chi connectivity index (χ0n) is 9.81. The van der Waals surface area contributed by atoms with Gasteiger partial charge in [0, 0.05) is 19.0 Å². The number of non-ortho nitro benzene ring substituents is 1. The molecule has 1 aliphatic heterocycles. The lowest BCUT2D eigenvalue weighted by Gasteiger charge is -2.18. The van der Waals surface area contributed by atoms with E-state index in [9.17, 15) is 19.3 Å². The molecule has 1 atom stereocenters. The first kappa shape index (κ1) is 13.9. The molecule has 6 nitrogen and oxygen atoms in total. The van der Waals surface area contributed by atoms with Crippen molar-refractivity contribution in [2.75, 3.05) is 18.0 Å². The van der Waals surface area contributed by atoms with Gasteiger partial charge < -0.3 is 10.6 Å². The van der Waals surface area contributed by atoms with Crippen molar-refractivity contribution in [2.45, 2.75) is 6.42 Å². The largest absolute Gasteiger partial charge is 0.330 e. The maximum atomic E-state index is 14.0. The standard InChI is InChI=1S/C11H11BrFN3O3/c12-8-2-7(16(18)19)3-9(13)11(8)15-5-6(4-14)1-10(15)17/h2-3,6H,1,4-5,14H2. The van der Waals surface area contributed by atoms with Crippen molar-refractivity contribution in [3.63, 3.8) is 0 Å². The summed E-state index contributed by atoms with van der Waals surface area (Å²) in [7, 11) is 0. The highest BCUT2D eigenvalue weighted by atomic mass is 79.9. The lowest BCUT2D eigenvalue weighted by Crippen LogP contribution is -2.27. The third-order valence-corrected chi connectivity index (χ3v) is 3.63. The number of hydrogen-bond donors (Lipinski definition) is 1. The molecule has 1 aliphatic rings. The van der Waals surface area contributed by atoms with Crippen LogP contribution in [0.25, 0.3) is 0 Å². The van der Waals surface area contributed by atoms with Crippen molar-refractivity contribution in [1.82, 2.24) is 0 Å². The Morgan fingerprint density at radius 2 is 2.26 bits per heavy atom. The number of amides is 1. The molecule has 102 valence electrons. The lowest BCUT2D eigenvalue weighted by atomic mass is 10.1. The summed E-state index contributed by atoms with van der Waals surface area (Å²) in [6.45, 7) is 0.664. The number of halogens is 2. The highest BCUT2D eigenvalue weighted by molar-refractivity contribution is 9.10. The van der Waals surface area contributed by atoms with E-state index in [1.165, 1.54) is 11.0 Å². The number of anilines is 1. The summed E-state index contributed by atoms with van der Waals surface area (Å²) < 4.78 is 14.2. The van der Waals surface area contributed by atoms with E-state index in [-0.39, 0.29) is 34.1 Å². The van der Waals surface area contributed by atoms with Crippen molar-refractivity contribution in [3.05, 3.63) is 32.5 Å². The van der Waals surface area contributed by atoms with Gasteiger partial charge in [-0.05, 0) is 28.4 Å². The highest BCUT2D eigenvalue weighted by Gasteiger charge is 2.33. The Labute approximate surface area is 116 Å². The first-order chi connectivity index (χ1) is 8.93. The smallest absolute Gasteiger partial charge is 0.273 e. The van der Waals surface area contributed by atoms with Crippen LogP contribution in [0.2, 0.25) is 0 Å². The first-order valence-electron chi connectivity index (χ1n) is 5.58. The molecule has 0 saturated carbocycles. The zero-order valence-corrected chi connectivity index (χ0v) is 11.4. The number of rotatable bonds is 3. The molecule has 1 aromatic rings. The Bertz CT molecular complexity index is 529. The molecule has 1 aromatic carbocycles. The average Bonchev–Trinajstić information content (AvgIpc) is 2.70. The maximum Gasteiger partial charge on any atom is 0.273 e. The van der Waals surface area contributed by atoms with Crippen LogP contribution in [0.1, 0.15) is 6.42 Å². The summed E-state index contributed by atoms with van der Waals surface area (Å²) >= 11 is 3.08. The Kier molecular flexibility index (Phi) is 3.81. The monoisotopic (exact) mass is 331 g/mol. The van der Waals surface area contributed by atoms with Gasteiger partial charge in [-0.15, -0.1) is 0 Å². The maximum absolute atomic E-state index is 14.0. The Hall–Kier alpha value is -1.54. The van der Waals surface area contributed by atoms with E-state index in [2.05, 4.69) is 15.9 Å². The number of carbonyl (C=O) groups excluding carboxylic acids is 1. The molecule has 1 unspecified atom stereocenters. The number of nitrogens with zero attached hydrogens (tertiary/aromatic N) is 2. The fraction of sp³-hybridized carbons (Fsp3) is 0.364. The normalized spacial score (nSPS) is 19.0. The Balaban J connectivity index is 2.41. The van der Waals surface area contributed by atoms with Crippen LogP contribution in [-0.2, 0) is 4.79 Å². The number of nitro benzene ring substituents is 1. The zero-order chi connectivity index (χ0) is 14.2. The third-order valence-electron chi connectivity index (χ3n) is 3.02. The second-order valence-electron chi connectivity index (χ2n) is 4.33. The molecule has 0 aliphatic carbocycles. The minimum absolute atomic E-state index is 0.0195. The Morgan fingerprint density at radius 3 is 2.74 bits per heavy atom. The molecule has 1 heterocycles. The van der Waals surface area contributed by atoms with Gasteiger partial charge in [0.25, 0.3) is 5.69 Å². The van der Waals surface area contributed by atoms with E-state index in [0.29, 0.717) is 13.1 Å². The van der Waals surface area contributed by atoms with Crippen LogP contribution in [0.15, 0.2) is 16.6 Å². The fourth-order valence-corrected chi connectivity index (χ4v) is 2.71. The van der Waals surface area contributed by atoms with Crippen molar-refractivity contribution in [3.8, 4) is 0 Å². The second-order valence-corrected chi connectivity index (χ2v) is 5.18. The first-order valence-corrected chi connectivity index (χ1v) is 6.37. The van der Waals surface area contributed by atoms with E-state index in [1.54, 1.807) is 0 Å². The van der Waals surface area contributed by atoms with Crippen molar-refractivity contribution < 1.29 is 14.1 Å². The Morgan fingerprint density at radius 1 is 1.58 bits per heavy atom. The molecule has 8 heteroatoms. The van der Waals surface area contributed by atoms with E-state index in [1.807, 2.05) is 0 Å². The van der Waals surface area contributed by atoms with Crippen molar-refractivity contribution in [1.29, 1.82) is 0 Å². The van der Waals surface area contributed by atoms with E-state index in [4.69, 9.17) is 5.73 Å². The molecule has 2 rings (SSSR count). The van der Waals surface area contributed by atoms with Crippen LogP contribution in [-0.4, -0.2) is 23.9 Å². The quantitative estimate of drug-likeness (QED) is 0.675. The number of hydrogen-bond acceptors (Lipinski definition) is 4. The highest BCUT2D eigenvalue weighted by Crippen LogP contribution is 2.36. The van der Waals surface area contributed by atoms with E-state index < -0.39 is 10.7 Å². The van der Waals surface area contributed by atoms with Crippen LogP contribution < -0.4 is 10.6 Å². The summed E-state index contributed by atoms with van der Waals surface area (Å²) in [6, 6.07) is 1.99. The van der Waals surface area contributed by atoms with Crippen LogP contribution in [0.4, 0.5) is 15.8 Å². The topological polar surface area (TPSA) is 89.5 Å². The van der Waals surface area contributed by atoms with Crippen LogP contribution in [0, 0.1) is 21.8 Å². The predicted molar refractivity (Wildman–Crippen MR) is 70.3 cm³/mol. The molecule has 0 radical (unpaired) electrons. The molecule has 0 bridgehead atoms. The number of carbonyl (C=O) groups is 1. The summed E-state index contributed by atoms with van der Waals surface area (Å²) in [5, 5.41) is 10.6. The molecule has 1 fully saturated rings. The number of nitro groups is 1. The van der Waals surface area contributed by atoms with Gasteiger partial charge in [0.05, 0.1) is 21.1 Å². The second kappa shape index (κ2) is 5.22. The average molecular weight is 332 g/mol. The minimum Gasteiger partial charge on any atom is -0.330 e. The van der Waals surface area contributed by atoms with E-state index >= 15 is 0 Å². The van der Waals surface area contributed by atoms with Gasteiger partial charge in [-0.2, -0.15) is 0 Å². The van der Waals surface area contributed by atoms with Gasteiger partial charge in [-0.25, -0.2) is 4.39 Å². The SMILES string of the molecule is NCC1CC(=O)N(c2c(F)cc([N+](=O)[O-])cc2Br)C1. The van der Waals surface area contributed by atoms with E-state index in [0.717, 1.165) is 6.07 Å². The van der Waals surface area contributed by atoms with Crippen LogP contribution >= 0.6 is 15.9 Å². The molecule has 1 amide bonds. The lowest BCUT2D eigenvalue weighted by molar-refractivity contribution is -0.385. The third kappa shape index (κ3) is 2.59. The van der Waals surface area contributed by atoms with Crippen LogP contribution in [0.3, 0.4) is 0 Å². The van der Waals surface area contributed by atoms with Gasteiger partial charge >= 0.3 is 0 Å². The van der Waals surface area contributed by atoms with Gasteiger partial charge in [-0.1, -0.05) is 0 Å². The van der Waals surface area contributed by atoms with Gasteiger partial charge in [0.15, 0.2) is 5.82 Å². The number of benzene rings is 1. The molecule has 2 N–H and O–H groups in total. The predicted octanol–water partition coefficient (Wildman–Crippen LogP) is 1.81. The molecular formula is C11H11BrFN3O3. The summed E-state index contributed by atoms with van der Waals surface area (Å²) in [6.07, 6.45) is 0.263. The molecule has 0 aromatic heterocycles. The summed E-state index contributed by atoms with van der Waals surface area (Å²) in [5.74, 6) is -1.05. The van der Waals surface area contributed by atoms with Gasteiger partial charge in [0.2, 0.25) is 5.91 Å². The van der Waals surface area contributed by atoms with Crippen molar-refractivity contribution in [2.24, 2.45) is 11.7 Å². The molecular weight excluding hydrogens is 321 g/mol. The number of nitrogens with two attached hydrogens (primary N) is 1. The molecule has 1 saturated heterocycles. The van der Waals surface area contributed by atoms with Crippen LogP contribution in [0.5, 0.6) is 0 Å². The minimum atomic E-state index is -0.799.